The van der Waals surface area contributed by atoms with Crippen LogP contribution in [0.3, 0.4) is 0 Å². The normalized spacial score (nSPS) is 10.4. The summed E-state index contributed by atoms with van der Waals surface area (Å²) >= 11 is 1.25. The molecule has 1 N–H and O–H groups in total. The molecule has 0 bridgehead atoms. The summed E-state index contributed by atoms with van der Waals surface area (Å²) in [6.07, 6.45) is 1.76. The molecule has 0 radical (unpaired) electrons. The Hall–Kier alpha value is -3.18. The minimum atomic E-state index is -0.678. The molecule has 2 aromatic carbocycles. The number of nitrogens with zero attached hydrogens (tertiary/aromatic N) is 2. The van der Waals surface area contributed by atoms with Crippen molar-refractivity contribution in [1.29, 1.82) is 5.26 Å². The predicted octanol–water partition coefficient (Wildman–Crippen LogP) is 3.89. The number of rotatable bonds is 5. The van der Waals surface area contributed by atoms with Crippen molar-refractivity contribution < 1.29 is 13.5 Å². The lowest BCUT2D eigenvalue weighted by Crippen LogP contribution is -2.14. The Balaban J connectivity index is 1.85. The maximum Gasteiger partial charge on any atom is 0.270 e. The van der Waals surface area contributed by atoms with Gasteiger partial charge in [-0.2, -0.15) is 5.26 Å². The molecule has 0 fully saturated rings. The van der Waals surface area contributed by atoms with E-state index in [0.717, 1.165) is 12.1 Å². The van der Waals surface area contributed by atoms with Crippen LogP contribution in [0.15, 0.2) is 52.4 Å². The van der Waals surface area contributed by atoms with Crippen molar-refractivity contribution in [2.75, 3.05) is 6.26 Å². The number of aromatic amines is 1. The maximum absolute atomic E-state index is 13.6. The smallest absolute Gasteiger partial charge is 0.270 e. The number of thioether (sulfide) groups is 1. The number of ether oxygens (including phenoxy) is 1. The SMILES string of the molecule is CSc1nc(-c2ccc(OCc3c(F)cccc3F)cc2)c(C#N)c(=O)[nH]1. The Kier molecular flexibility index (Phi) is 5.52. The van der Waals surface area contributed by atoms with E-state index in [1.807, 2.05) is 6.07 Å². The standard InChI is InChI=1S/C19H13F2N3O2S/c1-27-19-23-17(13(9-22)18(25)24-19)11-5-7-12(8-6-11)26-10-14-15(20)3-2-4-16(14)21/h2-8H,10H2,1H3,(H,23,24,25). The highest BCUT2D eigenvalue weighted by atomic mass is 32.2. The molecule has 0 unspecified atom stereocenters. The van der Waals surface area contributed by atoms with Gasteiger partial charge in [-0.25, -0.2) is 13.8 Å². The second-order valence-corrected chi connectivity index (χ2v) is 6.22. The molecule has 0 saturated heterocycles. The zero-order chi connectivity index (χ0) is 19.4. The summed E-state index contributed by atoms with van der Waals surface area (Å²) in [6, 6.07) is 11.9. The van der Waals surface area contributed by atoms with Crippen LogP contribution < -0.4 is 10.3 Å². The molecule has 0 spiro atoms. The average molecular weight is 385 g/mol. The highest BCUT2D eigenvalue weighted by Gasteiger charge is 2.14. The third-order valence-corrected chi connectivity index (χ3v) is 4.36. The summed E-state index contributed by atoms with van der Waals surface area (Å²) in [7, 11) is 0. The molecule has 8 heteroatoms. The summed E-state index contributed by atoms with van der Waals surface area (Å²) in [5.74, 6) is -0.972. The van der Waals surface area contributed by atoms with Crippen molar-refractivity contribution in [3.8, 4) is 23.1 Å². The fourth-order valence-electron chi connectivity index (χ4n) is 2.40. The quantitative estimate of drug-likeness (QED) is 0.533. The van der Waals surface area contributed by atoms with Crippen LogP contribution in [0.25, 0.3) is 11.3 Å². The van der Waals surface area contributed by atoms with E-state index in [1.165, 1.54) is 17.8 Å². The average Bonchev–Trinajstić information content (AvgIpc) is 2.67. The molecular formula is C19H13F2N3O2S. The molecule has 3 aromatic rings. The van der Waals surface area contributed by atoms with Gasteiger partial charge in [0, 0.05) is 5.56 Å². The van der Waals surface area contributed by atoms with Crippen molar-refractivity contribution >= 4 is 11.8 Å². The van der Waals surface area contributed by atoms with E-state index >= 15 is 0 Å². The molecule has 136 valence electrons. The predicted molar refractivity (Wildman–Crippen MR) is 97.5 cm³/mol. The van der Waals surface area contributed by atoms with E-state index in [4.69, 9.17) is 4.74 Å². The Morgan fingerprint density at radius 3 is 2.44 bits per heavy atom. The lowest BCUT2D eigenvalue weighted by molar-refractivity contribution is 0.292. The molecular weight excluding hydrogens is 372 g/mol. The molecule has 0 aliphatic heterocycles. The Bertz CT molecular complexity index is 1060. The highest BCUT2D eigenvalue weighted by molar-refractivity contribution is 7.98. The van der Waals surface area contributed by atoms with Gasteiger partial charge in [-0.3, -0.25) is 4.79 Å². The number of nitriles is 1. The van der Waals surface area contributed by atoms with Gasteiger partial charge < -0.3 is 9.72 Å². The van der Waals surface area contributed by atoms with Gasteiger partial charge in [0.1, 0.15) is 35.6 Å². The van der Waals surface area contributed by atoms with E-state index in [0.29, 0.717) is 16.5 Å². The van der Waals surface area contributed by atoms with E-state index < -0.39 is 17.2 Å². The van der Waals surface area contributed by atoms with Crippen LogP contribution in [0.2, 0.25) is 0 Å². The summed E-state index contributed by atoms with van der Waals surface area (Å²) in [6.45, 7) is -0.263. The fraction of sp³-hybridized carbons (Fsp3) is 0.105. The van der Waals surface area contributed by atoms with Gasteiger partial charge in [-0.15, -0.1) is 0 Å². The molecule has 0 amide bonds. The van der Waals surface area contributed by atoms with Gasteiger partial charge in [0.2, 0.25) is 0 Å². The van der Waals surface area contributed by atoms with Gasteiger partial charge in [0.25, 0.3) is 5.56 Å². The number of H-pyrrole nitrogens is 1. The van der Waals surface area contributed by atoms with E-state index in [2.05, 4.69) is 9.97 Å². The molecule has 0 saturated carbocycles. The zero-order valence-corrected chi connectivity index (χ0v) is 14.9. The zero-order valence-electron chi connectivity index (χ0n) is 14.1. The first-order chi connectivity index (χ1) is 13.0. The Morgan fingerprint density at radius 1 is 1.19 bits per heavy atom. The van der Waals surface area contributed by atoms with Gasteiger partial charge >= 0.3 is 0 Å². The minimum absolute atomic E-state index is 0.0881. The lowest BCUT2D eigenvalue weighted by Gasteiger charge is -2.09. The monoisotopic (exact) mass is 385 g/mol. The van der Waals surface area contributed by atoms with Crippen LogP contribution in [0.4, 0.5) is 8.78 Å². The van der Waals surface area contributed by atoms with Crippen molar-refractivity contribution in [1.82, 2.24) is 9.97 Å². The second-order valence-electron chi connectivity index (χ2n) is 5.42. The van der Waals surface area contributed by atoms with Gasteiger partial charge in [0.15, 0.2) is 5.16 Å². The number of nitrogens with one attached hydrogen (secondary N) is 1. The van der Waals surface area contributed by atoms with E-state index in [1.54, 1.807) is 30.5 Å². The third kappa shape index (κ3) is 3.99. The van der Waals surface area contributed by atoms with Crippen molar-refractivity contribution in [2.45, 2.75) is 11.8 Å². The molecule has 0 atom stereocenters. The number of aromatic nitrogens is 2. The summed E-state index contributed by atoms with van der Waals surface area (Å²) in [5, 5.41) is 9.62. The number of hydrogen-bond acceptors (Lipinski definition) is 5. The summed E-state index contributed by atoms with van der Waals surface area (Å²) < 4.78 is 32.7. The van der Waals surface area contributed by atoms with Crippen LogP contribution in [0.5, 0.6) is 5.75 Å². The molecule has 3 rings (SSSR count). The first kappa shape index (κ1) is 18.6. The van der Waals surface area contributed by atoms with Crippen LogP contribution >= 0.6 is 11.8 Å². The molecule has 1 aromatic heterocycles. The fourth-order valence-corrected chi connectivity index (χ4v) is 2.77. The Labute approximate surface area is 157 Å². The third-order valence-electron chi connectivity index (χ3n) is 3.78. The lowest BCUT2D eigenvalue weighted by atomic mass is 10.1. The van der Waals surface area contributed by atoms with Crippen LogP contribution in [-0.2, 0) is 6.61 Å². The molecule has 27 heavy (non-hydrogen) atoms. The van der Waals surface area contributed by atoms with Gasteiger partial charge in [0.05, 0.1) is 11.3 Å². The first-order valence-electron chi connectivity index (χ1n) is 7.78. The van der Waals surface area contributed by atoms with Crippen LogP contribution in [0.1, 0.15) is 11.1 Å². The number of benzene rings is 2. The molecule has 5 nitrogen and oxygen atoms in total. The van der Waals surface area contributed by atoms with Crippen molar-refractivity contribution in [2.24, 2.45) is 0 Å². The largest absolute Gasteiger partial charge is 0.489 e. The Morgan fingerprint density at radius 2 is 1.85 bits per heavy atom. The highest BCUT2D eigenvalue weighted by Crippen LogP contribution is 2.24. The maximum atomic E-state index is 13.6. The van der Waals surface area contributed by atoms with E-state index in [-0.39, 0.29) is 23.4 Å². The van der Waals surface area contributed by atoms with Crippen LogP contribution in [0, 0.1) is 23.0 Å². The molecule has 0 aliphatic rings. The minimum Gasteiger partial charge on any atom is -0.489 e. The van der Waals surface area contributed by atoms with Gasteiger partial charge in [-0.1, -0.05) is 17.8 Å². The van der Waals surface area contributed by atoms with E-state index in [9.17, 15) is 18.8 Å². The topological polar surface area (TPSA) is 78.8 Å². The molecule has 1 heterocycles. The van der Waals surface area contributed by atoms with Crippen molar-refractivity contribution in [3.63, 3.8) is 0 Å². The summed E-state index contributed by atoms with van der Waals surface area (Å²) in [5.41, 5.74) is 0.0565. The van der Waals surface area contributed by atoms with Gasteiger partial charge in [-0.05, 0) is 42.7 Å². The number of halogens is 2. The number of hydrogen-bond donors (Lipinski definition) is 1. The van der Waals surface area contributed by atoms with Crippen LogP contribution in [-0.4, -0.2) is 16.2 Å². The first-order valence-corrected chi connectivity index (χ1v) is 9.00. The second kappa shape index (κ2) is 8.01. The molecule has 0 aliphatic carbocycles. The summed E-state index contributed by atoms with van der Waals surface area (Å²) in [4.78, 5) is 18.8. The van der Waals surface area contributed by atoms with Crippen molar-refractivity contribution in [3.05, 3.63) is 75.6 Å².